The Morgan fingerprint density at radius 2 is 2.21 bits per heavy atom. The molecule has 0 aliphatic carbocycles. The van der Waals surface area contributed by atoms with E-state index in [0.29, 0.717) is 12.4 Å². The third-order valence-electron chi connectivity index (χ3n) is 2.61. The average Bonchev–Trinajstić information content (AvgIpc) is 2.17. The largest absolute Gasteiger partial charge is 0.508 e. The van der Waals surface area contributed by atoms with Gasteiger partial charge in [-0.15, -0.1) is 0 Å². The Morgan fingerprint density at radius 3 is 2.93 bits per heavy atom. The highest BCUT2D eigenvalue weighted by molar-refractivity contribution is 5.72. The zero-order chi connectivity index (χ0) is 10.1. The summed E-state index contributed by atoms with van der Waals surface area (Å²) < 4.78 is 5.44. The van der Waals surface area contributed by atoms with Crippen molar-refractivity contribution < 1.29 is 9.84 Å². The molecule has 1 N–H and O–H groups in total. The molecule has 2 heteroatoms. The zero-order valence-corrected chi connectivity index (χ0v) is 8.50. The van der Waals surface area contributed by atoms with E-state index >= 15 is 0 Å². The molecule has 2 nitrogen and oxygen atoms in total. The van der Waals surface area contributed by atoms with Crippen molar-refractivity contribution in [3.63, 3.8) is 0 Å². The van der Waals surface area contributed by atoms with Crippen LogP contribution in [-0.4, -0.2) is 11.7 Å². The summed E-state index contributed by atoms with van der Waals surface area (Å²) in [7, 11) is 0. The summed E-state index contributed by atoms with van der Waals surface area (Å²) in [6.45, 7) is 4.70. The third kappa shape index (κ3) is 1.37. The van der Waals surface area contributed by atoms with Crippen LogP contribution >= 0.6 is 0 Å². The first-order valence-electron chi connectivity index (χ1n) is 4.88. The van der Waals surface area contributed by atoms with Crippen LogP contribution in [0.25, 0.3) is 5.57 Å². The van der Waals surface area contributed by atoms with Crippen LogP contribution in [0, 0.1) is 0 Å². The number of phenols is 1. The van der Waals surface area contributed by atoms with Crippen molar-refractivity contribution in [2.75, 3.05) is 6.61 Å². The lowest BCUT2D eigenvalue weighted by atomic mass is 9.99. The number of hydrogen-bond donors (Lipinski definition) is 1. The van der Waals surface area contributed by atoms with Gasteiger partial charge in [-0.05, 0) is 36.6 Å². The van der Waals surface area contributed by atoms with Crippen LogP contribution in [-0.2, 0) is 6.42 Å². The van der Waals surface area contributed by atoms with E-state index in [-0.39, 0.29) is 0 Å². The molecule has 0 spiro atoms. The van der Waals surface area contributed by atoms with E-state index in [9.17, 15) is 5.11 Å². The quantitative estimate of drug-likeness (QED) is 0.737. The van der Waals surface area contributed by atoms with Gasteiger partial charge in [0, 0.05) is 11.6 Å². The number of phenolic OH excluding ortho intramolecular Hbond substituents is 1. The van der Waals surface area contributed by atoms with E-state index < -0.39 is 0 Å². The highest BCUT2D eigenvalue weighted by Crippen LogP contribution is 2.35. The van der Waals surface area contributed by atoms with Crippen molar-refractivity contribution in [3.05, 3.63) is 29.3 Å². The summed E-state index contributed by atoms with van der Waals surface area (Å²) in [5.74, 6) is 1.13. The minimum atomic E-state index is 0.334. The monoisotopic (exact) mass is 190 g/mol. The topological polar surface area (TPSA) is 29.5 Å². The molecule has 0 fully saturated rings. The van der Waals surface area contributed by atoms with Crippen molar-refractivity contribution in [3.8, 4) is 11.5 Å². The number of benzene rings is 1. The predicted molar refractivity (Wildman–Crippen MR) is 56.6 cm³/mol. The number of aryl methyl sites for hydroxylation is 1. The van der Waals surface area contributed by atoms with Crippen LogP contribution in [0.5, 0.6) is 11.5 Å². The molecule has 0 amide bonds. The molecule has 14 heavy (non-hydrogen) atoms. The van der Waals surface area contributed by atoms with Gasteiger partial charge in [0.2, 0.25) is 0 Å². The van der Waals surface area contributed by atoms with Crippen LogP contribution in [0.1, 0.15) is 25.0 Å². The van der Waals surface area contributed by atoms with E-state index in [0.717, 1.165) is 23.3 Å². The molecule has 1 aliphatic rings. The number of aromatic hydroxyl groups is 1. The highest BCUT2D eigenvalue weighted by Gasteiger charge is 2.13. The molecule has 0 unspecified atom stereocenters. The minimum absolute atomic E-state index is 0.334. The van der Waals surface area contributed by atoms with E-state index in [4.69, 9.17) is 4.74 Å². The van der Waals surface area contributed by atoms with Gasteiger partial charge in [0.05, 0.1) is 0 Å². The molecule has 1 aromatic carbocycles. The molecule has 0 saturated carbocycles. The second-order valence-corrected chi connectivity index (χ2v) is 3.53. The standard InChI is InChI=1S/C12H14O2/c1-3-9-6-10-8(2)4-5-14-12(10)7-11(9)13/h4,6-7,13H,3,5H2,1-2H3. The lowest BCUT2D eigenvalue weighted by Crippen LogP contribution is -2.03. The fourth-order valence-electron chi connectivity index (χ4n) is 1.69. The van der Waals surface area contributed by atoms with Crippen molar-refractivity contribution in [2.45, 2.75) is 20.3 Å². The first-order chi connectivity index (χ1) is 6.72. The second-order valence-electron chi connectivity index (χ2n) is 3.53. The fraction of sp³-hybridized carbons (Fsp3) is 0.333. The maximum Gasteiger partial charge on any atom is 0.130 e. The van der Waals surface area contributed by atoms with Gasteiger partial charge in [-0.1, -0.05) is 6.92 Å². The van der Waals surface area contributed by atoms with Crippen LogP contribution in [0.4, 0.5) is 0 Å². The van der Waals surface area contributed by atoms with Gasteiger partial charge in [-0.3, -0.25) is 0 Å². The summed E-state index contributed by atoms with van der Waals surface area (Å²) >= 11 is 0. The SMILES string of the molecule is CCc1cc2c(cc1O)OCC=C2C. The van der Waals surface area contributed by atoms with Gasteiger partial charge in [0.25, 0.3) is 0 Å². The molecule has 0 saturated heterocycles. The molecule has 0 radical (unpaired) electrons. The van der Waals surface area contributed by atoms with Gasteiger partial charge in [0.15, 0.2) is 0 Å². The number of fused-ring (bicyclic) bond motifs is 1. The van der Waals surface area contributed by atoms with Gasteiger partial charge >= 0.3 is 0 Å². The van der Waals surface area contributed by atoms with Crippen LogP contribution in [0.3, 0.4) is 0 Å². The zero-order valence-electron chi connectivity index (χ0n) is 8.50. The normalized spacial score (nSPS) is 14.3. The molecule has 0 aromatic heterocycles. The predicted octanol–water partition coefficient (Wildman–Crippen LogP) is 2.75. The van der Waals surface area contributed by atoms with Gasteiger partial charge < -0.3 is 9.84 Å². The Labute approximate surface area is 83.8 Å². The van der Waals surface area contributed by atoms with E-state index in [1.165, 1.54) is 5.57 Å². The second kappa shape index (κ2) is 3.37. The van der Waals surface area contributed by atoms with Crippen molar-refractivity contribution in [2.24, 2.45) is 0 Å². The molecule has 0 atom stereocenters. The van der Waals surface area contributed by atoms with Crippen LogP contribution in [0.15, 0.2) is 18.2 Å². The highest BCUT2D eigenvalue weighted by atomic mass is 16.5. The van der Waals surface area contributed by atoms with Crippen LogP contribution < -0.4 is 4.74 Å². The lowest BCUT2D eigenvalue weighted by molar-refractivity contribution is 0.353. The molecular weight excluding hydrogens is 176 g/mol. The summed E-state index contributed by atoms with van der Waals surface area (Å²) in [5, 5.41) is 9.65. The smallest absolute Gasteiger partial charge is 0.130 e. The van der Waals surface area contributed by atoms with Gasteiger partial charge in [0.1, 0.15) is 18.1 Å². The summed E-state index contributed by atoms with van der Waals surface area (Å²) in [6.07, 6.45) is 2.89. The molecule has 74 valence electrons. The Bertz CT molecular complexity index is 392. The van der Waals surface area contributed by atoms with E-state index in [2.05, 4.69) is 13.0 Å². The van der Waals surface area contributed by atoms with Crippen molar-refractivity contribution >= 4 is 5.57 Å². The van der Waals surface area contributed by atoms with Gasteiger partial charge in [-0.2, -0.15) is 0 Å². The molecule has 1 heterocycles. The van der Waals surface area contributed by atoms with Gasteiger partial charge in [-0.25, -0.2) is 0 Å². The average molecular weight is 190 g/mol. The Kier molecular flexibility index (Phi) is 2.20. The summed E-state index contributed by atoms with van der Waals surface area (Å²) in [4.78, 5) is 0. The molecule has 0 bridgehead atoms. The number of rotatable bonds is 1. The first-order valence-corrected chi connectivity index (χ1v) is 4.88. The molecular formula is C12H14O2. The number of allylic oxidation sites excluding steroid dienone is 1. The number of hydrogen-bond acceptors (Lipinski definition) is 2. The third-order valence-corrected chi connectivity index (χ3v) is 2.61. The molecule has 2 rings (SSSR count). The first kappa shape index (κ1) is 9.13. The fourth-order valence-corrected chi connectivity index (χ4v) is 1.69. The van der Waals surface area contributed by atoms with E-state index in [1.54, 1.807) is 6.07 Å². The summed E-state index contributed by atoms with van der Waals surface area (Å²) in [6, 6.07) is 3.72. The molecule has 1 aliphatic heterocycles. The van der Waals surface area contributed by atoms with Crippen molar-refractivity contribution in [1.29, 1.82) is 0 Å². The Balaban J connectivity index is 2.57. The minimum Gasteiger partial charge on any atom is -0.508 e. The summed E-state index contributed by atoms with van der Waals surface area (Å²) in [5.41, 5.74) is 3.30. The molecule has 1 aromatic rings. The lowest BCUT2D eigenvalue weighted by Gasteiger charge is -2.18. The maximum absolute atomic E-state index is 9.65. The Morgan fingerprint density at radius 1 is 1.43 bits per heavy atom. The Hall–Kier alpha value is -1.44. The number of ether oxygens (including phenoxy) is 1. The maximum atomic E-state index is 9.65. The van der Waals surface area contributed by atoms with E-state index in [1.807, 2.05) is 13.0 Å². The van der Waals surface area contributed by atoms with Crippen LogP contribution in [0.2, 0.25) is 0 Å². The van der Waals surface area contributed by atoms with Crippen molar-refractivity contribution in [1.82, 2.24) is 0 Å².